The minimum atomic E-state index is -0.637. The lowest BCUT2D eigenvalue weighted by atomic mass is 9.84. The molecule has 4 heterocycles. The first-order valence-corrected chi connectivity index (χ1v) is 12.3. The van der Waals surface area contributed by atoms with Crippen LogP contribution in [0.4, 0.5) is 11.6 Å². The van der Waals surface area contributed by atoms with Crippen LogP contribution in [0.2, 0.25) is 0 Å². The van der Waals surface area contributed by atoms with E-state index in [2.05, 4.69) is 10.3 Å². The number of hydrogen-bond donors (Lipinski definition) is 2. The number of nitrogens with two attached hydrogens (primary N) is 1. The third-order valence-electron chi connectivity index (χ3n) is 7.26. The summed E-state index contributed by atoms with van der Waals surface area (Å²) in [5, 5.41) is 5.10. The normalized spacial score (nSPS) is 19.8. The van der Waals surface area contributed by atoms with Crippen molar-refractivity contribution in [3.63, 3.8) is 0 Å². The van der Waals surface area contributed by atoms with Gasteiger partial charge in [0.25, 0.3) is 0 Å². The van der Waals surface area contributed by atoms with Crippen LogP contribution in [0.1, 0.15) is 67.7 Å². The minimum Gasteiger partial charge on any atom is -0.486 e. The molecule has 0 bridgehead atoms. The summed E-state index contributed by atoms with van der Waals surface area (Å²) in [6.07, 6.45) is 3.35. The average Bonchev–Trinajstić information content (AvgIpc) is 2.83. The van der Waals surface area contributed by atoms with E-state index >= 15 is 0 Å². The molecular formula is C27H31N5O4. The second kappa shape index (κ2) is 9.05. The van der Waals surface area contributed by atoms with Gasteiger partial charge in [0.05, 0.1) is 24.3 Å². The monoisotopic (exact) mass is 489 g/mol. The first-order chi connectivity index (χ1) is 17.2. The fourth-order valence-corrected chi connectivity index (χ4v) is 4.65. The maximum Gasteiger partial charge on any atom is 0.340 e. The van der Waals surface area contributed by atoms with E-state index in [1.807, 2.05) is 45.9 Å². The maximum atomic E-state index is 12.4. The number of nitrogens with one attached hydrogen (secondary N) is 1. The van der Waals surface area contributed by atoms with Crippen LogP contribution in [-0.2, 0) is 9.53 Å². The summed E-state index contributed by atoms with van der Waals surface area (Å²) in [6.45, 7) is 8.98. The topological polar surface area (TPSA) is 120 Å². The second-order valence-corrected chi connectivity index (χ2v) is 10.1. The van der Waals surface area contributed by atoms with Crippen LogP contribution < -0.4 is 15.8 Å². The first kappa shape index (κ1) is 24.0. The fourth-order valence-electron chi connectivity index (χ4n) is 4.65. The number of pyridine rings is 2. The van der Waals surface area contributed by atoms with Gasteiger partial charge in [-0.3, -0.25) is 4.79 Å². The molecule has 0 saturated carbocycles. The smallest absolute Gasteiger partial charge is 0.340 e. The molecule has 1 aromatic carbocycles. The summed E-state index contributed by atoms with van der Waals surface area (Å²) in [4.78, 5) is 34.3. The van der Waals surface area contributed by atoms with Gasteiger partial charge in [-0.05, 0) is 55.5 Å². The standard InChI is InChI=1S/C27H31N5O4/c1-5-21(28)17-6-8-22(35-16-12-32(13-16)14-33)20-11-29-24(10-19(17)20)30-23-9-7-18-25(31-23)15(2)27(3,4)36-26(18)34/h6-11,14-16,21H,5,12-13,28H2,1-4H3,(H,29,30,31). The Kier molecular flexibility index (Phi) is 6.04. The Morgan fingerprint density at radius 1 is 1.25 bits per heavy atom. The number of amides is 1. The number of anilines is 2. The van der Waals surface area contributed by atoms with Crippen molar-refractivity contribution in [3.05, 3.63) is 53.3 Å². The number of esters is 1. The quantitative estimate of drug-likeness (QED) is 0.377. The van der Waals surface area contributed by atoms with Crippen molar-refractivity contribution in [1.29, 1.82) is 0 Å². The molecule has 9 heteroatoms. The van der Waals surface area contributed by atoms with Gasteiger partial charge in [-0.2, -0.15) is 0 Å². The summed E-state index contributed by atoms with van der Waals surface area (Å²) in [6, 6.07) is 9.24. The Balaban J connectivity index is 1.48. The summed E-state index contributed by atoms with van der Waals surface area (Å²) in [5.74, 6) is 1.50. The Bertz CT molecular complexity index is 1340. The van der Waals surface area contributed by atoms with Crippen molar-refractivity contribution in [3.8, 4) is 5.75 Å². The molecule has 3 aromatic rings. The Morgan fingerprint density at radius 2 is 2.03 bits per heavy atom. The van der Waals surface area contributed by atoms with Gasteiger partial charge in [0, 0.05) is 23.5 Å². The van der Waals surface area contributed by atoms with E-state index in [9.17, 15) is 9.59 Å². The van der Waals surface area contributed by atoms with E-state index in [1.54, 1.807) is 23.2 Å². The van der Waals surface area contributed by atoms with E-state index < -0.39 is 5.60 Å². The highest BCUT2D eigenvalue weighted by Gasteiger charge is 2.40. The van der Waals surface area contributed by atoms with Crippen molar-refractivity contribution in [2.75, 3.05) is 18.4 Å². The van der Waals surface area contributed by atoms with Crippen LogP contribution in [0.15, 0.2) is 36.5 Å². The van der Waals surface area contributed by atoms with Crippen molar-refractivity contribution >= 4 is 34.8 Å². The molecule has 1 saturated heterocycles. The van der Waals surface area contributed by atoms with Gasteiger partial charge in [-0.25, -0.2) is 14.8 Å². The van der Waals surface area contributed by atoms with Crippen LogP contribution in [0.5, 0.6) is 5.75 Å². The number of nitrogens with zero attached hydrogens (tertiary/aromatic N) is 3. The van der Waals surface area contributed by atoms with Crippen LogP contribution in [0, 0.1) is 0 Å². The number of carbonyl (C=O) groups is 2. The number of rotatable bonds is 7. The van der Waals surface area contributed by atoms with Crippen molar-refractivity contribution in [2.24, 2.45) is 5.73 Å². The van der Waals surface area contributed by atoms with Gasteiger partial charge in [-0.1, -0.05) is 19.9 Å². The summed E-state index contributed by atoms with van der Waals surface area (Å²) in [7, 11) is 0. The van der Waals surface area contributed by atoms with E-state index in [4.69, 9.17) is 20.2 Å². The predicted octanol–water partition coefficient (Wildman–Crippen LogP) is 4.06. The second-order valence-electron chi connectivity index (χ2n) is 10.1. The van der Waals surface area contributed by atoms with Crippen molar-refractivity contribution in [1.82, 2.24) is 14.9 Å². The largest absolute Gasteiger partial charge is 0.486 e. The molecule has 1 amide bonds. The van der Waals surface area contributed by atoms with Gasteiger partial charge < -0.3 is 25.4 Å². The Labute approximate surface area is 210 Å². The van der Waals surface area contributed by atoms with Gasteiger partial charge in [0.2, 0.25) is 6.41 Å². The van der Waals surface area contributed by atoms with E-state index in [-0.39, 0.29) is 24.0 Å². The summed E-state index contributed by atoms with van der Waals surface area (Å²) in [5.41, 5.74) is 7.99. The zero-order chi connectivity index (χ0) is 25.6. The van der Waals surface area contributed by atoms with Crippen LogP contribution in [0.25, 0.3) is 10.8 Å². The molecule has 5 rings (SSSR count). The molecule has 2 atom stereocenters. The van der Waals surface area contributed by atoms with Gasteiger partial charge in [0.1, 0.15) is 29.1 Å². The number of likely N-dealkylation sites (tertiary alicyclic amines) is 1. The van der Waals surface area contributed by atoms with Gasteiger partial charge in [0.15, 0.2) is 0 Å². The molecule has 2 aliphatic heterocycles. The molecule has 1 fully saturated rings. The number of ether oxygens (including phenoxy) is 2. The van der Waals surface area contributed by atoms with Crippen LogP contribution >= 0.6 is 0 Å². The maximum absolute atomic E-state index is 12.4. The number of benzene rings is 1. The van der Waals surface area contributed by atoms with Crippen molar-refractivity contribution in [2.45, 2.75) is 57.8 Å². The molecule has 0 radical (unpaired) electrons. The molecule has 2 aliphatic rings. The molecular weight excluding hydrogens is 458 g/mol. The highest BCUT2D eigenvalue weighted by Crippen LogP contribution is 2.38. The van der Waals surface area contributed by atoms with Gasteiger partial charge in [-0.15, -0.1) is 0 Å². The zero-order valence-electron chi connectivity index (χ0n) is 20.9. The molecule has 9 nitrogen and oxygen atoms in total. The molecule has 2 aromatic heterocycles. The van der Waals surface area contributed by atoms with Crippen molar-refractivity contribution < 1.29 is 19.1 Å². The Hall–Kier alpha value is -3.72. The minimum absolute atomic E-state index is 0.0421. The van der Waals surface area contributed by atoms with E-state index in [0.717, 1.165) is 29.2 Å². The average molecular weight is 490 g/mol. The third-order valence-corrected chi connectivity index (χ3v) is 7.26. The molecule has 3 N–H and O–H groups in total. The lowest BCUT2D eigenvalue weighted by molar-refractivity contribution is -0.126. The Morgan fingerprint density at radius 3 is 2.75 bits per heavy atom. The molecule has 2 unspecified atom stereocenters. The molecule has 188 valence electrons. The predicted molar refractivity (Wildman–Crippen MR) is 136 cm³/mol. The SMILES string of the molecule is CCC(N)c1ccc(OC2CN(C=O)C2)c2cnc(Nc3ccc4c(n3)C(C)C(C)(C)OC4=O)cc12. The van der Waals surface area contributed by atoms with Crippen LogP contribution in [0.3, 0.4) is 0 Å². The van der Waals surface area contributed by atoms with E-state index in [0.29, 0.717) is 41.7 Å². The number of hydrogen-bond acceptors (Lipinski definition) is 8. The van der Waals surface area contributed by atoms with Crippen LogP contribution in [-0.4, -0.2) is 52.0 Å². The molecule has 0 spiro atoms. The number of cyclic esters (lactones) is 1. The highest BCUT2D eigenvalue weighted by molar-refractivity contribution is 5.94. The fraction of sp³-hybridized carbons (Fsp3) is 0.407. The molecule has 36 heavy (non-hydrogen) atoms. The number of aromatic nitrogens is 2. The third kappa shape index (κ3) is 4.24. The molecule has 0 aliphatic carbocycles. The summed E-state index contributed by atoms with van der Waals surface area (Å²) >= 11 is 0. The lowest BCUT2D eigenvalue weighted by Crippen LogP contribution is -2.52. The van der Waals surface area contributed by atoms with E-state index in [1.165, 1.54) is 0 Å². The zero-order valence-corrected chi connectivity index (χ0v) is 20.9. The number of fused-ring (bicyclic) bond motifs is 2. The highest BCUT2D eigenvalue weighted by atomic mass is 16.6. The lowest BCUT2D eigenvalue weighted by Gasteiger charge is -2.36. The number of carbonyl (C=O) groups excluding carboxylic acids is 2. The summed E-state index contributed by atoms with van der Waals surface area (Å²) < 4.78 is 11.7. The first-order valence-electron chi connectivity index (χ1n) is 12.3. The van der Waals surface area contributed by atoms with Gasteiger partial charge >= 0.3 is 5.97 Å².